The maximum absolute atomic E-state index is 11.1. The molecule has 6 heteroatoms. The Morgan fingerprint density at radius 1 is 1.09 bits per heavy atom. The molecule has 1 spiro atoms. The Hall–Kier alpha value is -0.760. The van der Waals surface area contributed by atoms with Gasteiger partial charge in [0, 0.05) is 17.8 Å². The number of aliphatic hydroxyl groups excluding tert-OH is 4. The molecule has 0 bridgehead atoms. The Morgan fingerprint density at radius 3 is 2.61 bits per heavy atom. The smallest absolute Gasteiger partial charge is 0.200 e. The van der Waals surface area contributed by atoms with E-state index in [4.69, 9.17) is 9.47 Å². The summed E-state index contributed by atoms with van der Waals surface area (Å²) in [5, 5.41) is 42.9. The minimum atomic E-state index is -1.16. The fourth-order valence-corrected chi connectivity index (χ4v) is 9.66. The second-order valence-electron chi connectivity index (χ2n) is 12.5. The molecule has 0 amide bonds. The zero-order chi connectivity index (χ0) is 23.5. The molecule has 4 N–H and O–H groups in total. The second kappa shape index (κ2) is 7.14. The van der Waals surface area contributed by atoms with Crippen molar-refractivity contribution in [3.8, 4) is 0 Å². The van der Waals surface area contributed by atoms with E-state index in [1.165, 1.54) is 5.57 Å². The van der Waals surface area contributed by atoms with Gasteiger partial charge in [0.05, 0.1) is 24.9 Å². The molecule has 33 heavy (non-hydrogen) atoms. The first-order valence-corrected chi connectivity index (χ1v) is 12.9. The Morgan fingerprint density at radius 2 is 1.85 bits per heavy atom. The van der Waals surface area contributed by atoms with Crippen LogP contribution in [0.2, 0.25) is 0 Å². The first-order valence-electron chi connectivity index (χ1n) is 12.9. The average Bonchev–Trinajstić information content (AvgIpc) is 3.22. The second-order valence-corrected chi connectivity index (χ2v) is 12.5. The van der Waals surface area contributed by atoms with E-state index in [-0.39, 0.29) is 35.4 Å². The summed E-state index contributed by atoms with van der Waals surface area (Å²) in [7, 11) is 0. The molecule has 2 saturated heterocycles. The van der Waals surface area contributed by atoms with E-state index in [0.29, 0.717) is 36.2 Å². The molecule has 0 radical (unpaired) electrons. The van der Waals surface area contributed by atoms with E-state index in [0.717, 1.165) is 25.7 Å². The number of rotatable bonds is 0. The van der Waals surface area contributed by atoms with Gasteiger partial charge in [0.1, 0.15) is 12.2 Å². The SMILES string of the molecule is C=C1CO[C@@]2(O[C@H]3C[C@H]4[C@@H]5CC=C6CC(O)CC(O)[C@]6(C)[C@H]5CC[C@]4(C)[C@H]3[C@@H]2C)C(O)C1O. The van der Waals surface area contributed by atoms with Crippen molar-refractivity contribution < 1.29 is 29.9 Å². The third kappa shape index (κ3) is 2.71. The van der Waals surface area contributed by atoms with Gasteiger partial charge in [-0.15, -0.1) is 0 Å². The van der Waals surface area contributed by atoms with Crippen LogP contribution in [0.25, 0.3) is 0 Å². The summed E-state index contributed by atoms with van der Waals surface area (Å²) < 4.78 is 12.7. The van der Waals surface area contributed by atoms with Crippen LogP contribution in [0.4, 0.5) is 0 Å². The topological polar surface area (TPSA) is 99.4 Å². The van der Waals surface area contributed by atoms with Crippen molar-refractivity contribution in [2.75, 3.05) is 6.61 Å². The van der Waals surface area contributed by atoms with Gasteiger partial charge in [0.25, 0.3) is 0 Å². The third-order valence-corrected chi connectivity index (χ3v) is 11.4. The normalized spacial score (nSPS) is 60.1. The lowest BCUT2D eigenvalue weighted by Gasteiger charge is -2.59. The van der Waals surface area contributed by atoms with Gasteiger partial charge in [-0.1, -0.05) is 39.0 Å². The molecule has 13 atom stereocenters. The maximum Gasteiger partial charge on any atom is 0.200 e. The van der Waals surface area contributed by atoms with Gasteiger partial charge in [0.2, 0.25) is 5.79 Å². The van der Waals surface area contributed by atoms with Gasteiger partial charge in [0.15, 0.2) is 0 Å². The summed E-state index contributed by atoms with van der Waals surface area (Å²) in [5.74, 6) is 0.452. The van der Waals surface area contributed by atoms with Gasteiger partial charge < -0.3 is 29.9 Å². The number of aliphatic hydroxyl groups is 4. The molecule has 6 rings (SSSR count). The van der Waals surface area contributed by atoms with E-state index in [1.54, 1.807) is 0 Å². The van der Waals surface area contributed by atoms with E-state index in [9.17, 15) is 20.4 Å². The zero-order valence-electron chi connectivity index (χ0n) is 20.1. The standard InChI is InChI=1S/C27H40O6/c1-13-12-32-27(24(31)23(13)30)14(2)22-20(33-27)11-19-17-6-5-15-9-16(28)10-21(29)26(15,4)18(17)7-8-25(19,22)3/h5,14,16-24,28-31H,1,6-12H2,2-4H3/t14-,16?,17+,18-,19-,20-,21?,22-,23?,24?,25-,26-,27-/m0/s1. The first kappa shape index (κ1) is 22.7. The van der Waals surface area contributed by atoms with Gasteiger partial charge >= 0.3 is 0 Å². The van der Waals surface area contributed by atoms with E-state index in [2.05, 4.69) is 33.4 Å². The van der Waals surface area contributed by atoms with Crippen LogP contribution in [-0.2, 0) is 9.47 Å². The summed E-state index contributed by atoms with van der Waals surface area (Å²) in [5.41, 5.74) is 1.58. The summed E-state index contributed by atoms with van der Waals surface area (Å²) in [6.07, 6.45) is 4.46. The summed E-state index contributed by atoms with van der Waals surface area (Å²) >= 11 is 0. The van der Waals surface area contributed by atoms with E-state index >= 15 is 0 Å². The highest BCUT2D eigenvalue weighted by Crippen LogP contribution is 2.70. The number of allylic oxidation sites excluding steroid dienone is 1. The van der Waals surface area contributed by atoms with Crippen molar-refractivity contribution in [2.45, 2.75) is 95.6 Å². The predicted molar refractivity (Wildman–Crippen MR) is 122 cm³/mol. The van der Waals surface area contributed by atoms with Crippen LogP contribution >= 0.6 is 0 Å². The Bertz CT molecular complexity index is 886. The summed E-state index contributed by atoms with van der Waals surface area (Å²) in [4.78, 5) is 0. The van der Waals surface area contributed by atoms with Gasteiger partial charge in [-0.3, -0.25) is 0 Å². The maximum atomic E-state index is 11.1. The Kier molecular flexibility index (Phi) is 4.91. The number of hydrogen-bond acceptors (Lipinski definition) is 6. The van der Waals surface area contributed by atoms with Crippen LogP contribution in [0.15, 0.2) is 23.8 Å². The Labute approximate surface area is 196 Å². The summed E-state index contributed by atoms with van der Waals surface area (Å²) in [6.45, 7) is 10.8. The van der Waals surface area contributed by atoms with Crippen molar-refractivity contribution in [2.24, 2.45) is 40.4 Å². The molecule has 6 nitrogen and oxygen atoms in total. The quantitative estimate of drug-likeness (QED) is 0.415. The molecular weight excluding hydrogens is 420 g/mol. The molecule has 0 aromatic carbocycles. The van der Waals surface area contributed by atoms with Crippen LogP contribution in [0.5, 0.6) is 0 Å². The van der Waals surface area contributed by atoms with Crippen molar-refractivity contribution in [3.05, 3.63) is 23.8 Å². The van der Waals surface area contributed by atoms with Crippen LogP contribution < -0.4 is 0 Å². The molecule has 6 aliphatic rings. The highest BCUT2D eigenvalue weighted by molar-refractivity contribution is 5.28. The molecule has 184 valence electrons. The number of fused-ring (bicyclic) bond motifs is 7. The third-order valence-electron chi connectivity index (χ3n) is 11.4. The van der Waals surface area contributed by atoms with Crippen molar-refractivity contribution in [1.82, 2.24) is 0 Å². The molecule has 5 fully saturated rings. The average molecular weight is 461 g/mol. The van der Waals surface area contributed by atoms with Crippen LogP contribution in [0.1, 0.15) is 59.3 Å². The largest absolute Gasteiger partial charge is 0.393 e. The van der Waals surface area contributed by atoms with Gasteiger partial charge in [-0.2, -0.15) is 0 Å². The molecule has 4 aliphatic carbocycles. The molecule has 3 saturated carbocycles. The number of hydrogen-bond donors (Lipinski definition) is 4. The highest BCUT2D eigenvalue weighted by atomic mass is 16.7. The molecule has 2 heterocycles. The minimum Gasteiger partial charge on any atom is -0.393 e. The van der Waals surface area contributed by atoms with Gasteiger partial charge in [-0.25, -0.2) is 0 Å². The summed E-state index contributed by atoms with van der Waals surface area (Å²) in [6, 6.07) is 0. The lowest BCUT2D eigenvalue weighted by molar-refractivity contribution is -0.315. The van der Waals surface area contributed by atoms with Crippen LogP contribution in [0.3, 0.4) is 0 Å². The number of ether oxygens (including phenoxy) is 2. The molecule has 0 aromatic heterocycles. The molecular formula is C27H40O6. The molecule has 4 unspecified atom stereocenters. The first-order chi connectivity index (χ1) is 15.5. The molecule has 0 aromatic rings. The monoisotopic (exact) mass is 460 g/mol. The van der Waals surface area contributed by atoms with Gasteiger partial charge in [-0.05, 0) is 66.8 Å². The Balaban J connectivity index is 1.31. The van der Waals surface area contributed by atoms with Crippen LogP contribution in [-0.4, -0.2) is 63.3 Å². The van der Waals surface area contributed by atoms with E-state index in [1.807, 2.05) is 0 Å². The predicted octanol–water partition coefficient (Wildman–Crippen LogP) is 2.55. The minimum absolute atomic E-state index is 0.00162. The van der Waals surface area contributed by atoms with Crippen molar-refractivity contribution in [1.29, 1.82) is 0 Å². The van der Waals surface area contributed by atoms with Crippen molar-refractivity contribution >= 4 is 0 Å². The van der Waals surface area contributed by atoms with E-state index < -0.39 is 30.2 Å². The van der Waals surface area contributed by atoms with Crippen LogP contribution in [0, 0.1) is 40.4 Å². The fourth-order valence-electron chi connectivity index (χ4n) is 9.66. The lowest BCUT2D eigenvalue weighted by Crippen LogP contribution is -2.60. The highest BCUT2D eigenvalue weighted by Gasteiger charge is 2.71. The molecule has 2 aliphatic heterocycles. The van der Waals surface area contributed by atoms with Crippen molar-refractivity contribution in [3.63, 3.8) is 0 Å². The fraction of sp³-hybridized carbons (Fsp3) is 0.852. The zero-order valence-corrected chi connectivity index (χ0v) is 20.1. The lowest BCUT2D eigenvalue weighted by atomic mass is 9.46.